The van der Waals surface area contributed by atoms with Crippen molar-refractivity contribution >= 4 is 15.9 Å². The molecule has 3 nitrogen and oxygen atoms in total. The van der Waals surface area contributed by atoms with Crippen molar-refractivity contribution in [1.29, 1.82) is 0 Å². The van der Waals surface area contributed by atoms with Crippen molar-refractivity contribution in [2.75, 3.05) is 19.7 Å². The van der Waals surface area contributed by atoms with Gasteiger partial charge in [-0.05, 0) is 59.4 Å². The molecule has 4 heteroatoms. The lowest BCUT2D eigenvalue weighted by Crippen LogP contribution is -2.20. The molecule has 1 N–H and O–H groups in total. The Morgan fingerprint density at radius 1 is 1.42 bits per heavy atom. The number of halogens is 1. The molecule has 106 valence electrons. The molecule has 0 aliphatic carbocycles. The first-order valence-electron chi connectivity index (χ1n) is 7.00. The topological polar surface area (TPSA) is 32.7 Å². The minimum Gasteiger partial charge on any atom is -0.503 e. The molecule has 0 aromatic heterocycles. The van der Waals surface area contributed by atoms with Crippen LogP contribution in [0.3, 0.4) is 0 Å². The molecular weight excluding hydrogens is 306 g/mol. The van der Waals surface area contributed by atoms with Crippen LogP contribution >= 0.6 is 15.9 Å². The Kier molecular flexibility index (Phi) is 5.11. The maximum atomic E-state index is 9.91. The third-order valence-electron chi connectivity index (χ3n) is 3.74. The highest BCUT2D eigenvalue weighted by Crippen LogP contribution is 2.36. The highest BCUT2D eigenvalue weighted by Gasteiger charge is 2.21. The van der Waals surface area contributed by atoms with Gasteiger partial charge in [-0.25, -0.2) is 0 Å². The maximum absolute atomic E-state index is 9.91. The summed E-state index contributed by atoms with van der Waals surface area (Å²) in [6, 6.07) is 3.93. The normalized spacial score (nSPS) is 19.8. The van der Waals surface area contributed by atoms with Gasteiger partial charge < -0.3 is 9.84 Å². The Hall–Kier alpha value is -0.740. The van der Waals surface area contributed by atoms with Gasteiger partial charge in [0.1, 0.15) is 0 Å². The summed E-state index contributed by atoms with van der Waals surface area (Å²) in [6.07, 6.45) is 2.56. The van der Waals surface area contributed by atoms with Gasteiger partial charge in [0.25, 0.3) is 0 Å². The Morgan fingerprint density at radius 3 is 2.84 bits per heavy atom. The van der Waals surface area contributed by atoms with Crippen molar-refractivity contribution in [2.45, 2.75) is 33.2 Å². The summed E-state index contributed by atoms with van der Waals surface area (Å²) in [5, 5.41) is 9.91. The Balaban J connectivity index is 2.08. The predicted molar refractivity (Wildman–Crippen MR) is 80.7 cm³/mol. The van der Waals surface area contributed by atoms with Gasteiger partial charge in [-0.15, -0.1) is 0 Å². The molecule has 1 aromatic rings. The number of likely N-dealkylation sites (tertiary alicyclic amines) is 1. The molecule has 1 heterocycles. The van der Waals surface area contributed by atoms with Crippen LogP contribution in [0.4, 0.5) is 0 Å². The van der Waals surface area contributed by atoms with E-state index in [2.05, 4.69) is 27.8 Å². The average Bonchev–Trinajstić information content (AvgIpc) is 2.83. The molecule has 0 bridgehead atoms. The van der Waals surface area contributed by atoms with Crippen LogP contribution in [0.5, 0.6) is 11.5 Å². The van der Waals surface area contributed by atoms with Crippen molar-refractivity contribution in [1.82, 2.24) is 4.90 Å². The SMILES string of the molecule is CCOc1cc(CN2CCC(CC)C2)cc(Br)c1O. The zero-order valence-electron chi connectivity index (χ0n) is 11.7. The first-order valence-corrected chi connectivity index (χ1v) is 7.79. The van der Waals surface area contributed by atoms with E-state index < -0.39 is 0 Å². The molecule has 1 atom stereocenters. The quantitative estimate of drug-likeness (QED) is 0.893. The van der Waals surface area contributed by atoms with E-state index in [9.17, 15) is 5.11 Å². The van der Waals surface area contributed by atoms with Crippen LogP contribution in [0.15, 0.2) is 16.6 Å². The average molecular weight is 328 g/mol. The molecule has 0 amide bonds. The maximum Gasteiger partial charge on any atom is 0.172 e. The third kappa shape index (κ3) is 3.63. The van der Waals surface area contributed by atoms with Gasteiger partial charge in [0.05, 0.1) is 11.1 Å². The van der Waals surface area contributed by atoms with Crippen LogP contribution in [0.25, 0.3) is 0 Å². The van der Waals surface area contributed by atoms with Crippen LogP contribution in [0, 0.1) is 5.92 Å². The summed E-state index contributed by atoms with van der Waals surface area (Å²) in [5.74, 6) is 1.60. The van der Waals surface area contributed by atoms with Crippen LogP contribution in [0.2, 0.25) is 0 Å². The standard InChI is InChI=1S/C15H22BrNO2/c1-3-11-5-6-17(9-11)10-12-7-13(16)15(18)14(8-12)19-4-2/h7-8,11,18H,3-6,9-10H2,1-2H3. The van der Waals surface area contributed by atoms with Gasteiger partial charge in [0.15, 0.2) is 11.5 Å². The number of hydrogen-bond donors (Lipinski definition) is 1. The minimum absolute atomic E-state index is 0.193. The molecule has 1 aliphatic heterocycles. The van der Waals surface area contributed by atoms with Crippen LogP contribution in [0.1, 0.15) is 32.3 Å². The van der Waals surface area contributed by atoms with Crippen molar-refractivity contribution in [3.8, 4) is 11.5 Å². The second-order valence-electron chi connectivity index (χ2n) is 5.16. The Morgan fingerprint density at radius 2 is 2.21 bits per heavy atom. The van der Waals surface area contributed by atoms with E-state index >= 15 is 0 Å². The zero-order chi connectivity index (χ0) is 13.8. The second kappa shape index (κ2) is 6.62. The molecule has 0 spiro atoms. The largest absolute Gasteiger partial charge is 0.503 e. The fraction of sp³-hybridized carbons (Fsp3) is 0.600. The molecule has 1 fully saturated rings. The van der Waals surface area contributed by atoms with E-state index in [0.717, 1.165) is 12.5 Å². The summed E-state index contributed by atoms with van der Waals surface area (Å²) in [4.78, 5) is 2.47. The van der Waals surface area contributed by atoms with Gasteiger partial charge in [-0.2, -0.15) is 0 Å². The van der Waals surface area contributed by atoms with E-state index in [1.165, 1.54) is 31.5 Å². The molecule has 0 radical (unpaired) electrons. The number of aromatic hydroxyl groups is 1. The molecule has 1 unspecified atom stereocenters. The fourth-order valence-electron chi connectivity index (χ4n) is 2.63. The number of rotatable bonds is 5. The van der Waals surface area contributed by atoms with Crippen molar-refractivity contribution in [2.24, 2.45) is 5.92 Å². The summed E-state index contributed by atoms with van der Waals surface area (Å²) in [5.41, 5.74) is 1.19. The van der Waals surface area contributed by atoms with Gasteiger partial charge >= 0.3 is 0 Å². The van der Waals surface area contributed by atoms with Gasteiger partial charge in [-0.1, -0.05) is 13.3 Å². The third-order valence-corrected chi connectivity index (χ3v) is 4.35. The summed E-state index contributed by atoms with van der Waals surface area (Å²) >= 11 is 3.39. The van der Waals surface area contributed by atoms with Crippen LogP contribution in [-0.2, 0) is 6.54 Å². The van der Waals surface area contributed by atoms with Gasteiger partial charge in [0, 0.05) is 13.1 Å². The minimum atomic E-state index is 0.193. The smallest absolute Gasteiger partial charge is 0.172 e. The molecule has 1 aromatic carbocycles. The predicted octanol–water partition coefficient (Wildman–Crippen LogP) is 3.79. The Labute approximate surface area is 123 Å². The number of benzene rings is 1. The van der Waals surface area contributed by atoms with Crippen LogP contribution in [-0.4, -0.2) is 29.7 Å². The van der Waals surface area contributed by atoms with Gasteiger partial charge in [-0.3, -0.25) is 4.90 Å². The molecule has 19 heavy (non-hydrogen) atoms. The molecule has 2 rings (SSSR count). The highest BCUT2D eigenvalue weighted by atomic mass is 79.9. The number of hydrogen-bond acceptors (Lipinski definition) is 3. The molecular formula is C15H22BrNO2. The lowest BCUT2D eigenvalue weighted by molar-refractivity contribution is 0.306. The summed E-state index contributed by atoms with van der Waals surface area (Å²) < 4.78 is 6.17. The van der Waals surface area contributed by atoms with E-state index in [0.29, 0.717) is 16.8 Å². The van der Waals surface area contributed by atoms with Gasteiger partial charge in [0.2, 0.25) is 0 Å². The Bertz CT molecular complexity index is 436. The second-order valence-corrected chi connectivity index (χ2v) is 6.01. The van der Waals surface area contributed by atoms with E-state index in [4.69, 9.17) is 4.74 Å². The number of nitrogens with zero attached hydrogens (tertiary/aromatic N) is 1. The van der Waals surface area contributed by atoms with Crippen molar-refractivity contribution in [3.63, 3.8) is 0 Å². The fourth-order valence-corrected chi connectivity index (χ4v) is 3.12. The van der Waals surface area contributed by atoms with Crippen LogP contribution < -0.4 is 4.74 Å². The van der Waals surface area contributed by atoms with E-state index in [-0.39, 0.29) is 5.75 Å². The monoisotopic (exact) mass is 327 g/mol. The summed E-state index contributed by atoms with van der Waals surface area (Å²) in [6.45, 7) is 8.02. The van der Waals surface area contributed by atoms with Crippen molar-refractivity contribution in [3.05, 3.63) is 22.2 Å². The lowest BCUT2D eigenvalue weighted by Gasteiger charge is -2.17. The number of phenols is 1. The van der Waals surface area contributed by atoms with Crippen molar-refractivity contribution < 1.29 is 9.84 Å². The van der Waals surface area contributed by atoms with E-state index in [1.807, 2.05) is 19.1 Å². The zero-order valence-corrected chi connectivity index (χ0v) is 13.2. The first-order chi connectivity index (χ1) is 9.13. The molecule has 0 saturated carbocycles. The number of ether oxygens (including phenoxy) is 1. The summed E-state index contributed by atoms with van der Waals surface area (Å²) in [7, 11) is 0. The van der Waals surface area contributed by atoms with E-state index in [1.54, 1.807) is 0 Å². The highest BCUT2D eigenvalue weighted by molar-refractivity contribution is 9.10. The number of phenolic OH excluding ortho intramolecular Hbond substituents is 1. The first kappa shape index (κ1) is 14.7. The molecule has 1 saturated heterocycles. The molecule has 1 aliphatic rings. The lowest BCUT2D eigenvalue weighted by atomic mass is 10.1.